The molecule has 2 nitrogen and oxygen atoms in total. The molecule has 0 radical (unpaired) electrons. The van der Waals surface area contributed by atoms with Crippen molar-refractivity contribution < 1.29 is 4.74 Å². The van der Waals surface area contributed by atoms with Gasteiger partial charge >= 0.3 is 0 Å². The van der Waals surface area contributed by atoms with Gasteiger partial charge in [-0.15, -0.1) is 0 Å². The fraction of sp³-hybridized carbons (Fsp3) is 0.143. The second kappa shape index (κ2) is 6.77. The van der Waals surface area contributed by atoms with E-state index in [1.807, 2.05) is 36.4 Å². The monoisotopic (exact) mass is 447 g/mol. The molecule has 0 heterocycles. The number of rotatable bonds is 4. The van der Waals surface area contributed by atoms with E-state index in [4.69, 9.17) is 10.5 Å². The fourth-order valence-corrected chi connectivity index (χ4v) is 4.18. The number of anilines is 1. The lowest BCUT2D eigenvalue weighted by atomic mass is 10.1. The molecular weight excluding hydrogens is 438 g/mol. The predicted octanol–water partition coefficient (Wildman–Crippen LogP) is 5.18. The molecule has 0 saturated heterocycles. The SMILES string of the molecule is Nc1ccccc1CCOc1c(Br)cc(Br)cc1Br. The molecule has 0 aliphatic heterocycles. The van der Waals surface area contributed by atoms with Gasteiger partial charge in [0.05, 0.1) is 15.6 Å². The van der Waals surface area contributed by atoms with E-state index in [1.54, 1.807) is 0 Å². The molecule has 0 spiro atoms. The lowest BCUT2D eigenvalue weighted by molar-refractivity contribution is 0.318. The van der Waals surface area contributed by atoms with Gasteiger partial charge in [0.2, 0.25) is 0 Å². The minimum absolute atomic E-state index is 0.576. The molecule has 0 aliphatic carbocycles. The molecule has 0 saturated carbocycles. The van der Waals surface area contributed by atoms with Crippen LogP contribution in [0.3, 0.4) is 0 Å². The average Bonchev–Trinajstić information content (AvgIpc) is 2.34. The third kappa shape index (κ3) is 3.97. The van der Waals surface area contributed by atoms with Crippen LogP contribution in [0.4, 0.5) is 5.69 Å². The number of nitrogens with two attached hydrogens (primary N) is 1. The Morgan fingerprint density at radius 3 is 2.26 bits per heavy atom. The summed E-state index contributed by atoms with van der Waals surface area (Å²) in [4.78, 5) is 0. The summed E-state index contributed by atoms with van der Waals surface area (Å²) < 4.78 is 8.63. The molecule has 0 aliphatic rings. The Kier molecular flexibility index (Phi) is 5.30. The van der Waals surface area contributed by atoms with E-state index in [9.17, 15) is 0 Å². The first-order valence-electron chi connectivity index (χ1n) is 5.68. The Morgan fingerprint density at radius 2 is 1.63 bits per heavy atom. The molecule has 0 unspecified atom stereocenters. The molecule has 0 fully saturated rings. The largest absolute Gasteiger partial charge is 0.491 e. The minimum atomic E-state index is 0.576. The van der Waals surface area contributed by atoms with E-state index in [-0.39, 0.29) is 0 Å². The number of benzene rings is 2. The molecule has 0 aromatic heterocycles. The van der Waals surface area contributed by atoms with Gasteiger partial charge in [-0.2, -0.15) is 0 Å². The lowest BCUT2D eigenvalue weighted by Crippen LogP contribution is -2.04. The maximum absolute atomic E-state index is 5.90. The summed E-state index contributed by atoms with van der Waals surface area (Å²) in [5.41, 5.74) is 7.81. The van der Waals surface area contributed by atoms with E-state index in [2.05, 4.69) is 47.8 Å². The summed E-state index contributed by atoms with van der Waals surface area (Å²) in [5.74, 6) is 0.803. The van der Waals surface area contributed by atoms with E-state index < -0.39 is 0 Å². The van der Waals surface area contributed by atoms with Crippen molar-refractivity contribution in [2.45, 2.75) is 6.42 Å². The predicted molar refractivity (Wildman–Crippen MR) is 89.6 cm³/mol. The normalized spacial score (nSPS) is 10.5. The van der Waals surface area contributed by atoms with E-state index in [0.29, 0.717) is 6.61 Å². The third-order valence-corrected chi connectivity index (χ3v) is 4.27. The smallest absolute Gasteiger partial charge is 0.147 e. The van der Waals surface area contributed by atoms with Crippen molar-refractivity contribution in [3.63, 3.8) is 0 Å². The molecule has 19 heavy (non-hydrogen) atoms. The summed E-state index contributed by atoms with van der Waals surface area (Å²) in [6.07, 6.45) is 0.779. The Bertz CT molecular complexity index is 564. The summed E-state index contributed by atoms with van der Waals surface area (Å²) in [6.45, 7) is 0.576. The van der Waals surface area contributed by atoms with Crippen LogP contribution in [0.5, 0.6) is 5.75 Å². The summed E-state index contributed by atoms with van der Waals surface area (Å²) in [6, 6.07) is 11.7. The van der Waals surface area contributed by atoms with Crippen molar-refractivity contribution in [3.8, 4) is 5.75 Å². The van der Waals surface area contributed by atoms with Crippen LogP contribution in [-0.2, 0) is 6.42 Å². The highest BCUT2D eigenvalue weighted by Gasteiger charge is 2.08. The lowest BCUT2D eigenvalue weighted by Gasteiger charge is -2.11. The Morgan fingerprint density at radius 1 is 1.00 bits per heavy atom. The number of nitrogen functional groups attached to an aromatic ring is 1. The van der Waals surface area contributed by atoms with Crippen LogP contribution in [0.2, 0.25) is 0 Å². The van der Waals surface area contributed by atoms with Crippen LogP contribution in [0.25, 0.3) is 0 Å². The van der Waals surface area contributed by atoms with Gasteiger partial charge < -0.3 is 10.5 Å². The van der Waals surface area contributed by atoms with Gasteiger partial charge in [0.25, 0.3) is 0 Å². The van der Waals surface area contributed by atoms with Gasteiger partial charge in [-0.3, -0.25) is 0 Å². The van der Waals surface area contributed by atoms with Crippen molar-refractivity contribution in [1.29, 1.82) is 0 Å². The van der Waals surface area contributed by atoms with Gasteiger partial charge in [0, 0.05) is 16.6 Å². The number of para-hydroxylation sites is 1. The highest BCUT2D eigenvalue weighted by atomic mass is 79.9. The molecule has 2 aromatic rings. The molecule has 2 rings (SSSR count). The minimum Gasteiger partial charge on any atom is -0.491 e. The van der Waals surface area contributed by atoms with Crippen molar-refractivity contribution in [2.24, 2.45) is 0 Å². The summed E-state index contributed by atoms with van der Waals surface area (Å²) in [5, 5.41) is 0. The summed E-state index contributed by atoms with van der Waals surface area (Å²) in [7, 11) is 0. The van der Waals surface area contributed by atoms with Crippen LogP contribution in [0.15, 0.2) is 49.8 Å². The second-order valence-corrected chi connectivity index (χ2v) is 6.62. The van der Waals surface area contributed by atoms with Crippen molar-refractivity contribution in [2.75, 3.05) is 12.3 Å². The average molecular weight is 450 g/mol. The van der Waals surface area contributed by atoms with Gasteiger partial charge in [0.1, 0.15) is 5.75 Å². The third-order valence-electron chi connectivity index (χ3n) is 2.64. The van der Waals surface area contributed by atoms with Crippen LogP contribution in [0.1, 0.15) is 5.56 Å². The fourth-order valence-electron chi connectivity index (χ4n) is 1.69. The molecule has 100 valence electrons. The van der Waals surface area contributed by atoms with Crippen LogP contribution in [0, 0.1) is 0 Å². The maximum atomic E-state index is 5.90. The van der Waals surface area contributed by atoms with Crippen molar-refractivity contribution in [3.05, 3.63) is 55.4 Å². The Hall–Kier alpha value is -0.520. The van der Waals surface area contributed by atoms with E-state index >= 15 is 0 Å². The van der Waals surface area contributed by atoms with Crippen LogP contribution < -0.4 is 10.5 Å². The van der Waals surface area contributed by atoms with Gasteiger partial charge in [0.15, 0.2) is 0 Å². The van der Waals surface area contributed by atoms with E-state index in [1.165, 1.54) is 0 Å². The molecule has 0 bridgehead atoms. The van der Waals surface area contributed by atoms with Gasteiger partial charge in [-0.25, -0.2) is 0 Å². The highest BCUT2D eigenvalue weighted by molar-refractivity contribution is 9.11. The molecule has 2 N–H and O–H groups in total. The van der Waals surface area contributed by atoms with Crippen molar-refractivity contribution >= 4 is 53.5 Å². The Balaban J connectivity index is 2.02. The molecule has 2 aromatic carbocycles. The summed E-state index contributed by atoms with van der Waals surface area (Å²) >= 11 is 10.4. The molecule has 0 atom stereocenters. The first kappa shape index (κ1) is 14.9. The molecule has 0 amide bonds. The first-order valence-corrected chi connectivity index (χ1v) is 8.06. The maximum Gasteiger partial charge on any atom is 0.147 e. The Labute approximate surface area is 137 Å². The second-order valence-electron chi connectivity index (χ2n) is 4.00. The topological polar surface area (TPSA) is 35.2 Å². The van der Waals surface area contributed by atoms with Crippen molar-refractivity contribution in [1.82, 2.24) is 0 Å². The van der Waals surface area contributed by atoms with Crippen LogP contribution >= 0.6 is 47.8 Å². The van der Waals surface area contributed by atoms with Crippen LogP contribution in [-0.4, -0.2) is 6.61 Å². The molecule has 5 heteroatoms. The number of halogens is 3. The number of hydrogen-bond acceptors (Lipinski definition) is 2. The molecular formula is C14H12Br3NO. The zero-order valence-electron chi connectivity index (χ0n) is 10.00. The van der Waals surface area contributed by atoms with Gasteiger partial charge in [-0.05, 0) is 55.6 Å². The first-order chi connectivity index (χ1) is 9.08. The number of ether oxygens (including phenoxy) is 1. The zero-order chi connectivity index (χ0) is 13.8. The highest BCUT2D eigenvalue weighted by Crippen LogP contribution is 2.36. The van der Waals surface area contributed by atoms with Gasteiger partial charge in [-0.1, -0.05) is 34.1 Å². The zero-order valence-corrected chi connectivity index (χ0v) is 14.8. The van der Waals surface area contributed by atoms with E-state index in [0.717, 1.165) is 36.8 Å². The quantitative estimate of drug-likeness (QED) is 0.653. The number of hydrogen-bond donors (Lipinski definition) is 1. The standard InChI is InChI=1S/C14H12Br3NO/c15-10-7-11(16)14(12(17)8-10)19-6-5-9-3-1-2-4-13(9)18/h1-4,7-8H,5-6,18H2.